The molecule has 0 aromatic carbocycles. The molecule has 6 nitrogen and oxygen atoms in total. The standard InChI is InChI=1S/C13H18N2O4/c1-2-3-4-10(11(16)17)15-12(18)13(9-14)5-7-19-8-6-13/h2-3,10H,4-8H2,1H3,(H,15,18)(H,16,17)/b3-2+. The van der Waals surface area contributed by atoms with Crippen LogP contribution in [0.5, 0.6) is 0 Å². The maximum Gasteiger partial charge on any atom is 0.326 e. The van der Waals surface area contributed by atoms with Crippen molar-refractivity contribution >= 4 is 11.9 Å². The number of hydrogen-bond donors (Lipinski definition) is 2. The smallest absolute Gasteiger partial charge is 0.326 e. The molecule has 19 heavy (non-hydrogen) atoms. The Morgan fingerprint density at radius 1 is 1.53 bits per heavy atom. The topological polar surface area (TPSA) is 99.4 Å². The fourth-order valence-corrected chi connectivity index (χ4v) is 1.90. The second kappa shape index (κ2) is 6.90. The van der Waals surface area contributed by atoms with Crippen LogP contribution in [-0.4, -0.2) is 36.2 Å². The number of nitrogens with one attached hydrogen (secondary N) is 1. The molecule has 0 radical (unpaired) electrons. The number of nitriles is 1. The van der Waals surface area contributed by atoms with Crippen LogP contribution in [0.3, 0.4) is 0 Å². The summed E-state index contributed by atoms with van der Waals surface area (Å²) in [6.45, 7) is 2.46. The van der Waals surface area contributed by atoms with Crippen molar-refractivity contribution < 1.29 is 19.4 Å². The van der Waals surface area contributed by atoms with Crippen LogP contribution >= 0.6 is 0 Å². The van der Waals surface area contributed by atoms with Gasteiger partial charge in [0.15, 0.2) is 0 Å². The lowest BCUT2D eigenvalue weighted by molar-refractivity contribution is -0.144. The summed E-state index contributed by atoms with van der Waals surface area (Å²) in [7, 11) is 0. The molecule has 0 aromatic heterocycles. The molecule has 2 N–H and O–H groups in total. The number of carbonyl (C=O) groups excluding carboxylic acids is 1. The van der Waals surface area contributed by atoms with Crippen molar-refractivity contribution in [2.75, 3.05) is 13.2 Å². The molecular weight excluding hydrogens is 248 g/mol. The quantitative estimate of drug-likeness (QED) is 0.718. The van der Waals surface area contributed by atoms with Crippen molar-refractivity contribution in [2.45, 2.75) is 32.2 Å². The van der Waals surface area contributed by atoms with E-state index in [4.69, 9.17) is 9.84 Å². The number of carboxylic acids is 1. The number of aliphatic carboxylic acids is 1. The second-order valence-electron chi connectivity index (χ2n) is 4.48. The second-order valence-corrected chi connectivity index (χ2v) is 4.48. The van der Waals surface area contributed by atoms with E-state index in [0.717, 1.165) is 0 Å². The first-order valence-corrected chi connectivity index (χ1v) is 6.19. The van der Waals surface area contributed by atoms with Gasteiger partial charge in [0, 0.05) is 13.2 Å². The molecule has 0 saturated carbocycles. The van der Waals surface area contributed by atoms with Gasteiger partial charge in [0.2, 0.25) is 5.91 Å². The first kappa shape index (κ1) is 15.2. The molecule has 1 rings (SSSR count). The van der Waals surface area contributed by atoms with Crippen LogP contribution in [0.25, 0.3) is 0 Å². The Bertz CT molecular complexity index is 405. The summed E-state index contributed by atoms with van der Waals surface area (Å²) >= 11 is 0. The number of ether oxygens (including phenoxy) is 1. The monoisotopic (exact) mass is 266 g/mol. The third-order valence-corrected chi connectivity index (χ3v) is 3.21. The van der Waals surface area contributed by atoms with Crippen LogP contribution in [-0.2, 0) is 14.3 Å². The fraction of sp³-hybridized carbons (Fsp3) is 0.615. The number of rotatable bonds is 5. The van der Waals surface area contributed by atoms with Gasteiger partial charge in [-0.1, -0.05) is 12.2 Å². The van der Waals surface area contributed by atoms with E-state index < -0.39 is 23.3 Å². The molecule has 1 aliphatic rings. The van der Waals surface area contributed by atoms with E-state index >= 15 is 0 Å². The Morgan fingerprint density at radius 3 is 2.63 bits per heavy atom. The summed E-state index contributed by atoms with van der Waals surface area (Å²) in [5.41, 5.74) is -1.16. The van der Waals surface area contributed by atoms with Gasteiger partial charge in [0.1, 0.15) is 11.5 Å². The molecule has 0 aliphatic carbocycles. The number of allylic oxidation sites excluding steroid dienone is 1. The van der Waals surface area contributed by atoms with Crippen molar-refractivity contribution in [3.8, 4) is 6.07 Å². The summed E-state index contributed by atoms with van der Waals surface area (Å²) < 4.78 is 5.14. The number of carboxylic acid groups (broad SMARTS) is 1. The van der Waals surface area contributed by atoms with Gasteiger partial charge in [-0.25, -0.2) is 4.79 Å². The molecule has 1 atom stereocenters. The first-order chi connectivity index (χ1) is 9.05. The lowest BCUT2D eigenvalue weighted by Gasteiger charge is -2.30. The van der Waals surface area contributed by atoms with Gasteiger partial charge in [-0.2, -0.15) is 5.26 Å². The summed E-state index contributed by atoms with van der Waals surface area (Å²) in [4.78, 5) is 23.2. The highest BCUT2D eigenvalue weighted by Gasteiger charge is 2.41. The third-order valence-electron chi connectivity index (χ3n) is 3.21. The van der Waals surface area contributed by atoms with Gasteiger partial charge < -0.3 is 15.2 Å². The normalized spacial score (nSPS) is 19.6. The molecule has 1 amide bonds. The summed E-state index contributed by atoms with van der Waals surface area (Å²) in [6.07, 6.45) is 4.19. The van der Waals surface area contributed by atoms with E-state index in [0.29, 0.717) is 26.1 Å². The van der Waals surface area contributed by atoms with E-state index in [1.807, 2.05) is 6.07 Å². The van der Waals surface area contributed by atoms with Gasteiger partial charge in [-0.15, -0.1) is 0 Å². The van der Waals surface area contributed by atoms with E-state index in [1.54, 1.807) is 19.1 Å². The number of carbonyl (C=O) groups is 2. The highest BCUT2D eigenvalue weighted by Crippen LogP contribution is 2.30. The zero-order valence-electron chi connectivity index (χ0n) is 10.9. The average molecular weight is 266 g/mol. The Hall–Kier alpha value is -1.87. The molecule has 104 valence electrons. The molecule has 6 heteroatoms. The molecule has 1 saturated heterocycles. The summed E-state index contributed by atoms with van der Waals surface area (Å²) in [5, 5.41) is 20.7. The van der Waals surface area contributed by atoms with Gasteiger partial charge >= 0.3 is 5.97 Å². The van der Waals surface area contributed by atoms with Crippen molar-refractivity contribution in [3.05, 3.63) is 12.2 Å². The van der Waals surface area contributed by atoms with Crippen LogP contribution in [0, 0.1) is 16.7 Å². The van der Waals surface area contributed by atoms with E-state index in [9.17, 15) is 14.9 Å². The highest BCUT2D eigenvalue weighted by molar-refractivity contribution is 5.89. The maximum atomic E-state index is 12.2. The molecule has 1 unspecified atom stereocenters. The molecule has 0 bridgehead atoms. The predicted molar refractivity (Wildman–Crippen MR) is 67.1 cm³/mol. The SMILES string of the molecule is C/C=C/CC(NC(=O)C1(C#N)CCOCC1)C(=O)O. The van der Waals surface area contributed by atoms with Gasteiger partial charge in [0.25, 0.3) is 0 Å². The van der Waals surface area contributed by atoms with Crippen LogP contribution < -0.4 is 5.32 Å². The molecule has 1 heterocycles. The van der Waals surface area contributed by atoms with Crippen LogP contribution in [0.2, 0.25) is 0 Å². The summed E-state index contributed by atoms with van der Waals surface area (Å²) in [6, 6.07) is 1.01. The van der Waals surface area contributed by atoms with E-state index in [2.05, 4.69) is 5.32 Å². The number of nitrogens with zero attached hydrogens (tertiary/aromatic N) is 1. The average Bonchev–Trinajstić information content (AvgIpc) is 2.43. The first-order valence-electron chi connectivity index (χ1n) is 6.19. The zero-order valence-corrected chi connectivity index (χ0v) is 10.9. The van der Waals surface area contributed by atoms with Crippen molar-refractivity contribution in [1.82, 2.24) is 5.32 Å². The molecule has 0 aromatic rings. The minimum Gasteiger partial charge on any atom is -0.480 e. The van der Waals surface area contributed by atoms with Crippen molar-refractivity contribution in [3.63, 3.8) is 0 Å². The largest absolute Gasteiger partial charge is 0.480 e. The minimum atomic E-state index is -1.16. The van der Waals surface area contributed by atoms with Crippen molar-refractivity contribution in [2.24, 2.45) is 5.41 Å². The Kier molecular flexibility index (Phi) is 5.52. The fourth-order valence-electron chi connectivity index (χ4n) is 1.90. The molecule has 1 fully saturated rings. The van der Waals surface area contributed by atoms with Crippen molar-refractivity contribution in [1.29, 1.82) is 5.26 Å². The lowest BCUT2D eigenvalue weighted by Crippen LogP contribution is -2.49. The molecule has 1 aliphatic heterocycles. The molecule has 0 spiro atoms. The lowest BCUT2D eigenvalue weighted by atomic mass is 9.80. The highest BCUT2D eigenvalue weighted by atomic mass is 16.5. The summed E-state index contributed by atoms with van der Waals surface area (Å²) in [5.74, 6) is -1.62. The number of amides is 1. The van der Waals surface area contributed by atoms with E-state index in [-0.39, 0.29) is 6.42 Å². The number of hydrogen-bond acceptors (Lipinski definition) is 4. The Morgan fingerprint density at radius 2 is 2.16 bits per heavy atom. The Labute approximate surface area is 112 Å². The zero-order chi connectivity index (χ0) is 14.3. The van der Waals surface area contributed by atoms with E-state index in [1.165, 1.54) is 0 Å². The minimum absolute atomic E-state index is 0.204. The van der Waals surface area contributed by atoms with Crippen LogP contribution in [0.1, 0.15) is 26.2 Å². The Balaban J connectivity index is 2.74. The van der Waals surface area contributed by atoms with Gasteiger partial charge in [-0.05, 0) is 26.2 Å². The van der Waals surface area contributed by atoms with Gasteiger partial charge in [-0.3, -0.25) is 4.79 Å². The molecular formula is C13H18N2O4. The third kappa shape index (κ3) is 3.80. The predicted octanol–water partition coefficient (Wildman–Crippen LogP) is 0.842. The maximum absolute atomic E-state index is 12.2. The van der Waals surface area contributed by atoms with Crippen LogP contribution in [0.15, 0.2) is 12.2 Å². The van der Waals surface area contributed by atoms with Gasteiger partial charge in [0.05, 0.1) is 6.07 Å². The van der Waals surface area contributed by atoms with Crippen LogP contribution in [0.4, 0.5) is 0 Å².